The molecule has 0 bridgehead atoms. The van der Waals surface area contributed by atoms with Crippen molar-refractivity contribution in [3.05, 3.63) is 29.8 Å². The van der Waals surface area contributed by atoms with E-state index < -0.39 is 0 Å². The zero-order chi connectivity index (χ0) is 21.1. The first kappa shape index (κ1) is 26.5. The molecule has 1 fully saturated rings. The van der Waals surface area contributed by atoms with Gasteiger partial charge in [-0.05, 0) is 37.0 Å². The SMILES string of the molecule is CCNC(=NCCC(C)c1ccc(OC)cc1)NCCN1CCN(C(C)=O)CC1.I. The summed E-state index contributed by atoms with van der Waals surface area (Å²) in [4.78, 5) is 20.4. The van der Waals surface area contributed by atoms with Gasteiger partial charge < -0.3 is 20.3 Å². The van der Waals surface area contributed by atoms with E-state index in [9.17, 15) is 4.79 Å². The molecule has 0 aliphatic carbocycles. The molecule has 1 heterocycles. The fraction of sp³-hybridized carbons (Fsp3) is 0.636. The molecular formula is C22H38IN5O2. The lowest BCUT2D eigenvalue weighted by Crippen LogP contribution is -2.50. The molecule has 1 aromatic carbocycles. The van der Waals surface area contributed by atoms with Crippen LogP contribution in [0.5, 0.6) is 5.75 Å². The van der Waals surface area contributed by atoms with Crippen molar-refractivity contribution in [1.82, 2.24) is 20.4 Å². The number of amides is 1. The highest BCUT2D eigenvalue weighted by Crippen LogP contribution is 2.21. The molecule has 1 aliphatic rings. The standard InChI is InChI=1S/C22H37N5O2.HI/c1-5-23-22(25-12-13-26-14-16-27(17-15-26)19(3)28)24-11-10-18(2)20-6-8-21(29-4)9-7-20;/h6-9,18H,5,10-17H2,1-4H3,(H2,23,24,25);1H. The smallest absolute Gasteiger partial charge is 0.219 e. The zero-order valence-electron chi connectivity index (χ0n) is 18.8. The Morgan fingerprint density at radius 2 is 1.83 bits per heavy atom. The van der Waals surface area contributed by atoms with Crippen LogP contribution in [0.1, 0.15) is 38.7 Å². The number of hydrogen-bond donors (Lipinski definition) is 2. The number of guanidine groups is 1. The molecule has 1 unspecified atom stereocenters. The van der Waals surface area contributed by atoms with Crippen molar-refractivity contribution in [2.75, 3.05) is 59.5 Å². The van der Waals surface area contributed by atoms with Gasteiger partial charge in [-0.3, -0.25) is 14.7 Å². The lowest BCUT2D eigenvalue weighted by atomic mass is 9.98. The summed E-state index contributed by atoms with van der Waals surface area (Å²) in [5, 5.41) is 6.75. The third-order valence-electron chi connectivity index (χ3n) is 5.40. The topological polar surface area (TPSA) is 69.2 Å². The van der Waals surface area contributed by atoms with Gasteiger partial charge in [0.1, 0.15) is 5.75 Å². The molecule has 2 N–H and O–H groups in total. The lowest BCUT2D eigenvalue weighted by Gasteiger charge is -2.34. The van der Waals surface area contributed by atoms with Gasteiger partial charge in [0, 0.05) is 59.3 Å². The molecule has 0 radical (unpaired) electrons. The third kappa shape index (κ3) is 9.07. The van der Waals surface area contributed by atoms with Crippen LogP contribution in [0.3, 0.4) is 0 Å². The molecule has 0 spiro atoms. The van der Waals surface area contributed by atoms with Gasteiger partial charge in [-0.25, -0.2) is 0 Å². The first-order chi connectivity index (χ1) is 14.0. The summed E-state index contributed by atoms with van der Waals surface area (Å²) in [5.41, 5.74) is 1.31. The van der Waals surface area contributed by atoms with Crippen LogP contribution < -0.4 is 15.4 Å². The number of aliphatic imine (C=N–C) groups is 1. The van der Waals surface area contributed by atoms with E-state index in [0.717, 1.165) is 70.5 Å². The number of benzene rings is 1. The van der Waals surface area contributed by atoms with E-state index >= 15 is 0 Å². The second kappa shape index (κ2) is 14.5. The molecule has 0 aromatic heterocycles. The van der Waals surface area contributed by atoms with Crippen LogP contribution in [0.4, 0.5) is 0 Å². The Morgan fingerprint density at radius 1 is 1.17 bits per heavy atom. The Kier molecular flexibility index (Phi) is 12.8. The van der Waals surface area contributed by atoms with Crippen molar-refractivity contribution in [3.63, 3.8) is 0 Å². The summed E-state index contributed by atoms with van der Waals surface area (Å²) in [7, 11) is 1.69. The van der Waals surface area contributed by atoms with E-state index in [1.165, 1.54) is 5.56 Å². The van der Waals surface area contributed by atoms with Crippen LogP contribution in [-0.4, -0.2) is 81.1 Å². The van der Waals surface area contributed by atoms with E-state index in [4.69, 9.17) is 9.73 Å². The molecule has 30 heavy (non-hydrogen) atoms. The van der Waals surface area contributed by atoms with E-state index in [0.29, 0.717) is 5.92 Å². The van der Waals surface area contributed by atoms with E-state index in [1.807, 2.05) is 17.0 Å². The van der Waals surface area contributed by atoms with Gasteiger partial charge in [0.2, 0.25) is 5.91 Å². The summed E-state index contributed by atoms with van der Waals surface area (Å²) in [6, 6.07) is 8.28. The monoisotopic (exact) mass is 531 g/mol. The van der Waals surface area contributed by atoms with Crippen molar-refractivity contribution in [2.45, 2.75) is 33.1 Å². The number of methoxy groups -OCH3 is 1. The Hall–Kier alpha value is -1.55. The molecule has 1 saturated heterocycles. The third-order valence-corrected chi connectivity index (χ3v) is 5.40. The molecule has 170 valence electrons. The average molecular weight is 531 g/mol. The van der Waals surface area contributed by atoms with Gasteiger partial charge in [-0.15, -0.1) is 24.0 Å². The number of ether oxygens (including phenoxy) is 1. The number of nitrogens with one attached hydrogen (secondary N) is 2. The van der Waals surface area contributed by atoms with Gasteiger partial charge in [0.15, 0.2) is 5.96 Å². The summed E-state index contributed by atoms with van der Waals surface area (Å²) >= 11 is 0. The Morgan fingerprint density at radius 3 is 2.40 bits per heavy atom. The quantitative estimate of drug-likeness (QED) is 0.291. The Bertz CT molecular complexity index is 645. The van der Waals surface area contributed by atoms with Crippen molar-refractivity contribution in [2.24, 2.45) is 4.99 Å². The summed E-state index contributed by atoms with van der Waals surface area (Å²) in [6.07, 6.45) is 0.996. The number of halogens is 1. The van der Waals surface area contributed by atoms with E-state index in [1.54, 1.807) is 14.0 Å². The number of rotatable bonds is 9. The van der Waals surface area contributed by atoms with Gasteiger partial charge >= 0.3 is 0 Å². The number of carbonyl (C=O) groups is 1. The molecule has 1 amide bonds. The molecular weight excluding hydrogens is 493 g/mol. The predicted octanol–water partition coefficient (Wildman–Crippen LogP) is 2.53. The average Bonchev–Trinajstić information content (AvgIpc) is 2.74. The van der Waals surface area contributed by atoms with Crippen LogP contribution in [0.15, 0.2) is 29.3 Å². The minimum absolute atomic E-state index is 0. The normalized spacial score (nSPS) is 15.9. The maximum Gasteiger partial charge on any atom is 0.219 e. The minimum Gasteiger partial charge on any atom is -0.497 e. The van der Waals surface area contributed by atoms with Gasteiger partial charge in [0.25, 0.3) is 0 Å². The number of carbonyl (C=O) groups excluding carboxylic acids is 1. The highest BCUT2D eigenvalue weighted by molar-refractivity contribution is 14.0. The largest absolute Gasteiger partial charge is 0.497 e. The van der Waals surface area contributed by atoms with Gasteiger partial charge in [0.05, 0.1) is 7.11 Å². The molecule has 0 saturated carbocycles. The fourth-order valence-electron chi connectivity index (χ4n) is 3.43. The van der Waals surface area contributed by atoms with Crippen molar-refractivity contribution in [1.29, 1.82) is 0 Å². The molecule has 1 aliphatic heterocycles. The molecule has 1 atom stereocenters. The second-order valence-electron chi connectivity index (χ2n) is 7.50. The van der Waals surface area contributed by atoms with E-state index in [2.05, 4.69) is 41.5 Å². The lowest BCUT2D eigenvalue weighted by molar-refractivity contribution is -0.130. The van der Waals surface area contributed by atoms with Crippen molar-refractivity contribution < 1.29 is 9.53 Å². The number of nitrogens with zero attached hydrogens (tertiary/aromatic N) is 3. The van der Waals surface area contributed by atoms with Crippen molar-refractivity contribution >= 4 is 35.8 Å². The fourth-order valence-corrected chi connectivity index (χ4v) is 3.43. The van der Waals surface area contributed by atoms with Gasteiger partial charge in [-0.2, -0.15) is 0 Å². The summed E-state index contributed by atoms with van der Waals surface area (Å²) in [5.74, 6) is 2.38. The maximum absolute atomic E-state index is 11.4. The summed E-state index contributed by atoms with van der Waals surface area (Å²) in [6.45, 7) is 12.9. The number of piperazine rings is 1. The molecule has 1 aromatic rings. The van der Waals surface area contributed by atoms with Crippen LogP contribution in [0.25, 0.3) is 0 Å². The Balaban J connectivity index is 0.00000450. The highest BCUT2D eigenvalue weighted by Gasteiger charge is 2.17. The van der Waals surface area contributed by atoms with Gasteiger partial charge in [-0.1, -0.05) is 19.1 Å². The first-order valence-electron chi connectivity index (χ1n) is 10.7. The molecule has 7 nitrogen and oxygen atoms in total. The van der Waals surface area contributed by atoms with E-state index in [-0.39, 0.29) is 29.9 Å². The Labute approximate surface area is 198 Å². The number of hydrogen-bond acceptors (Lipinski definition) is 4. The maximum atomic E-state index is 11.4. The second-order valence-corrected chi connectivity index (χ2v) is 7.50. The van der Waals surface area contributed by atoms with Crippen LogP contribution >= 0.6 is 24.0 Å². The highest BCUT2D eigenvalue weighted by atomic mass is 127. The summed E-state index contributed by atoms with van der Waals surface area (Å²) < 4.78 is 5.23. The van der Waals surface area contributed by atoms with Crippen LogP contribution in [0.2, 0.25) is 0 Å². The van der Waals surface area contributed by atoms with Crippen LogP contribution in [-0.2, 0) is 4.79 Å². The van der Waals surface area contributed by atoms with Crippen LogP contribution in [0, 0.1) is 0 Å². The molecule has 2 rings (SSSR count). The first-order valence-corrected chi connectivity index (χ1v) is 10.7. The van der Waals surface area contributed by atoms with Crippen molar-refractivity contribution in [3.8, 4) is 5.75 Å². The molecule has 8 heteroatoms. The zero-order valence-corrected chi connectivity index (χ0v) is 21.1. The minimum atomic E-state index is 0. The predicted molar refractivity (Wildman–Crippen MR) is 134 cm³/mol.